The van der Waals surface area contributed by atoms with Crippen molar-refractivity contribution in [3.8, 4) is 5.75 Å². The predicted molar refractivity (Wildman–Crippen MR) is 177 cm³/mol. The lowest BCUT2D eigenvalue weighted by atomic mass is 9.69. The minimum absolute atomic E-state index is 0.228. The normalized spacial score (nSPS) is 30.2. The maximum Gasteiger partial charge on any atom is 0.264 e. The summed E-state index contributed by atoms with van der Waals surface area (Å²) in [6.07, 6.45) is 10.7. The summed E-state index contributed by atoms with van der Waals surface area (Å²) in [5.41, 5.74) is 3.48. The fraction of sp³-hybridized carbons (Fsp3) is 0.571. The van der Waals surface area contributed by atoms with Crippen molar-refractivity contribution in [2.24, 2.45) is 11.8 Å². The third kappa shape index (κ3) is 6.92. The zero-order valence-electron chi connectivity index (χ0n) is 26.3. The second-order valence-corrected chi connectivity index (χ2v) is 15.6. The molecule has 0 unspecified atom stereocenters. The molecule has 244 valence electrons. The standard InChI is InChI=1S/C35H45ClN2O6S/c1-3-30-13-12-29(43-18-17-42-2)11-8-24-6-7-27(24)21-38-22-35(16-4-5-25-19-28(36)10-14-31(25)35)23-44-33-15-9-26(20-32(33)38)34(39)37-45(30,40)41/h8-11,14-15,19-20,24,27,29-30H,3-7,12-13,16-18,21-23H2,1-2H3,(H,37,39)/b11-8+/t24-,27-,29+,30-,35-/m0/s1. The molecule has 0 radical (unpaired) electrons. The quantitative estimate of drug-likeness (QED) is 0.309. The molecule has 2 heterocycles. The number of amides is 1. The van der Waals surface area contributed by atoms with E-state index in [9.17, 15) is 13.2 Å². The lowest BCUT2D eigenvalue weighted by Crippen LogP contribution is -2.48. The fourth-order valence-corrected chi connectivity index (χ4v) is 9.22. The summed E-state index contributed by atoms with van der Waals surface area (Å²) in [7, 11) is -2.28. The van der Waals surface area contributed by atoms with Crippen molar-refractivity contribution in [1.29, 1.82) is 0 Å². The van der Waals surface area contributed by atoms with Crippen molar-refractivity contribution in [3.05, 3.63) is 70.3 Å². The van der Waals surface area contributed by atoms with Crippen molar-refractivity contribution in [2.45, 2.75) is 75.1 Å². The van der Waals surface area contributed by atoms with Crippen LogP contribution in [0.15, 0.2) is 48.6 Å². The number of anilines is 1. The van der Waals surface area contributed by atoms with E-state index in [-0.39, 0.29) is 11.5 Å². The third-order valence-corrected chi connectivity index (χ3v) is 12.5. The highest BCUT2D eigenvalue weighted by atomic mass is 35.5. The van der Waals surface area contributed by atoms with Gasteiger partial charge in [-0.2, -0.15) is 0 Å². The highest BCUT2D eigenvalue weighted by Gasteiger charge is 2.43. The molecule has 45 heavy (non-hydrogen) atoms. The zero-order chi connectivity index (χ0) is 31.6. The molecule has 1 N–H and O–H groups in total. The number of ether oxygens (including phenoxy) is 3. The van der Waals surface area contributed by atoms with Crippen LogP contribution < -0.4 is 14.4 Å². The van der Waals surface area contributed by atoms with E-state index in [1.165, 1.54) is 11.1 Å². The Morgan fingerprint density at radius 3 is 2.73 bits per heavy atom. The fourth-order valence-electron chi connectivity index (χ4n) is 7.60. The van der Waals surface area contributed by atoms with Crippen LogP contribution in [0.4, 0.5) is 5.69 Å². The second kappa shape index (κ2) is 13.6. The molecule has 2 aromatic carbocycles. The van der Waals surface area contributed by atoms with Crippen LogP contribution in [0, 0.1) is 11.8 Å². The van der Waals surface area contributed by atoms with Crippen LogP contribution in [0.25, 0.3) is 0 Å². The van der Waals surface area contributed by atoms with E-state index in [0.29, 0.717) is 56.5 Å². The van der Waals surface area contributed by atoms with Crippen molar-refractivity contribution in [3.63, 3.8) is 0 Å². The van der Waals surface area contributed by atoms with Crippen molar-refractivity contribution >= 4 is 33.2 Å². The number of aryl methyl sites for hydroxylation is 1. The van der Waals surface area contributed by atoms with E-state index < -0.39 is 21.2 Å². The number of rotatable bonds is 5. The van der Waals surface area contributed by atoms with Crippen molar-refractivity contribution < 1.29 is 27.4 Å². The maximum atomic E-state index is 13.5. The van der Waals surface area contributed by atoms with Crippen LogP contribution in [0.2, 0.25) is 5.02 Å². The number of hydrogen-bond acceptors (Lipinski definition) is 7. The van der Waals surface area contributed by atoms with Crippen LogP contribution in [-0.2, 0) is 31.3 Å². The minimum atomic E-state index is -3.92. The van der Waals surface area contributed by atoms with Crippen LogP contribution in [-0.4, -0.2) is 65.7 Å². The van der Waals surface area contributed by atoms with Crippen LogP contribution in [0.1, 0.15) is 73.4 Å². The summed E-state index contributed by atoms with van der Waals surface area (Å²) < 4.78 is 47.2. The van der Waals surface area contributed by atoms with Gasteiger partial charge in [0.1, 0.15) is 5.75 Å². The Kier molecular flexibility index (Phi) is 9.81. The molecule has 2 aliphatic carbocycles. The molecule has 1 saturated carbocycles. The largest absolute Gasteiger partial charge is 0.490 e. The topological polar surface area (TPSA) is 94.2 Å². The Hall–Kier alpha value is -2.59. The number of nitrogens with one attached hydrogen (secondary N) is 1. The first-order valence-corrected chi connectivity index (χ1v) is 18.3. The molecule has 6 rings (SSSR count). The van der Waals surface area contributed by atoms with Gasteiger partial charge in [-0.1, -0.05) is 36.7 Å². The summed E-state index contributed by atoms with van der Waals surface area (Å²) in [6.45, 7) is 4.82. The molecule has 1 amide bonds. The lowest BCUT2D eigenvalue weighted by molar-refractivity contribution is 0.0345. The monoisotopic (exact) mass is 656 g/mol. The molecule has 4 aliphatic rings. The number of halogens is 1. The summed E-state index contributed by atoms with van der Waals surface area (Å²) in [5.74, 6) is 0.933. The summed E-state index contributed by atoms with van der Waals surface area (Å²) in [4.78, 5) is 15.9. The van der Waals surface area contributed by atoms with E-state index in [4.69, 9.17) is 25.8 Å². The molecule has 2 aromatic rings. The Balaban J connectivity index is 1.38. The Morgan fingerprint density at radius 2 is 1.96 bits per heavy atom. The van der Waals surface area contributed by atoms with E-state index >= 15 is 0 Å². The average Bonchev–Trinajstić information content (AvgIpc) is 3.15. The van der Waals surface area contributed by atoms with Gasteiger partial charge < -0.3 is 19.1 Å². The number of allylic oxidation sites excluding steroid dienone is 1. The van der Waals surface area contributed by atoms with Crippen molar-refractivity contribution in [2.75, 3.05) is 44.9 Å². The first-order chi connectivity index (χ1) is 21.7. The van der Waals surface area contributed by atoms with E-state index in [0.717, 1.165) is 61.7 Å². The van der Waals surface area contributed by atoms with Crippen molar-refractivity contribution in [1.82, 2.24) is 4.72 Å². The average molecular weight is 657 g/mol. The van der Waals surface area contributed by atoms with E-state index in [1.54, 1.807) is 13.2 Å². The van der Waals surface area contributed by atoms with Gasteiger partial charge in [0.15, 0.2) is 0 Å². The minimum Gasteiger partial charge on any atom is -0.490 e. The first kappa shape index (κ1) is 32.4. The van der Waals surface area contributed by atoms with Gasteiger partial charge in [-0.25, -0.2) is 13.1 Å². The second-order valence-electron chi connectivity index (χ2n) is 13.2. The molecule has 1 spiro atoms. The molecular formula is C35H45ClN2O6S. The van der Waals surface area contributed by atoms with Crippen LogP contribution >= 0.6 is 11.6 Å². The Morgan fingerprint density at radius 1 is 1.09 bits per heavy atom. The molecule has 1 fully saturated rings. The SMILES string of the molecule is CC[C@H]1CC[C@H](OCCOC)/C=C/[C@@H]2CC[C@H]2CN2C[C@@]3(CCCc4cc(Cl)ccc43)COc3ccc(cc32)C(=O)NS1(=O)=O. The number of hydrogen-bond donors (Lipinski definition) is 1. The van der Waals surface area contributed by atoms with Gasteiger partial charge in [-0.05, 0) is 105 Å². The Bertz CT molecular complexity index is 1530. The number of carbonyl (C=O) groups excluding carboxylic acids is 1. The number of sulfonamides is 1. The van der Waals surface area contributed by atoms with Gasteiger partial charge in [0.25, 0.3) is 5.91 Å². The van der Waals surface area contributed by atoms with E-state index in [2.05, 4.69) is 33.9 Å². The molecule has 0 aromatic heterocycles. The summed E-state index contributed by atoms with van der Waals surface area (Å²) in [5, 5.41) is 0.0336. The van der Waals surface area contributed by atoms with Crippen LogP contribution in [0.5, 0.6) is 5.75 Å². The number of carbonyl (C=O) groups is 1. The number of fused-ring (bicyclic) bond motifs is 4. The highest BCUT2D eigenvalue weighted by Crippen LogP contribution is 2.46. The zero-order valence-corrected chi connectivity index (χ0v) is 27.9. The molecule has 0 saturated heterocycles. The lowest BCUT2D eigenvalue weighted by Gasteiger charge is -2.44. The van der Waals surface area contributed by atoms with E-state index in [1.807, 2.05) is 25.1 Å². The van der Waals surface area contributed by atoms with Gasteiger partial charge in [-0.15, -0.1) is 0 Å². The first-order valence-electron chi connectivity index (χ1n) is 16.4. The number of benzene rings is 2. The van der Waals surface area contributed by atoms with Gasteiger partial charge in [0, 0.05) is 36.2 Å². The van der Waals surface area contributed by atoms with Gasteiger partial charge in [-0.3, -0.25) is 4.79 Å². The predicted octanol–water partition coefficient (Wildman–Crippen LogP) is 6.06. The van der Waals surface area contributed by atoms with Gasteiger partial charge in [0.05, 0.1) is 36.9 Å². The third-order valence-electron chi connectivity index (χ3n) is 10.3. The molecule has 2 aliphatic heterocycles. The molecule has 2 bridgehead atoms. The molecular weight excluding hydrogens is 612 g/mol. The number of methoxy groups -OCH3 is 1. The molecule has 5 atom stereocenters. The Labute approximate surface area is 272 Å². The maximum absolute atomic E-state index is 13.5. The molecule has 10 heteroatoms. The summed E-state index contributed by atoms with van der Waals surface area (Å²) in [6, 6.07) is 11.6. The summed E-state index contributed by atoms with van der Waals surface area (Å²) >= 11 is 6.42. The highest BCUT2D eigenvalue weighted by molar-refractivity contribution is 7.90. The van der Waals surface area contributed by atoms with Gasteiger partial charge in [0.2, 0.25) is 10.0 Å². The number of nitrogens with zero attached hydrogens (tertiary/aromatic N) is 1. The van der Waals surface area contributed by atoms with Crippen LogP contribution in [0.3, 0.4) is 0 Å². The molecule has 8 nitrogen and oxygen atoms in total. The van der Waals surface area contributed by atoms with Gasteiger partial charge >= 0.3 is 0 Å². The smallest absolute Gasteiger partial charge is 0.264 e.